The smallest absolute Gasteiger partial charge is 0.264 e. The van der Waals surface area contributed by atoms with E-state index in [1.165, 1.54) is 17.0 Å². The van der Waals surface area contributed by atoms with Crippen molar-refractivity contribution >= 4 is 27.5 Å². The van der Waals surface area contributed by atoms with Crippen molar-refractivity contribution in [3.8, 4) is 5.75 Å². The molecule has 2 amide bonds. The van der Waals surface area contributed by atoms with E-state index in [0.717, 1.165) is 15.4 Å². The first-order valence-electron chi connectivity index (χ1n) is 12.6. The second-order valence-electron chi connectivity index (χ2n) is 8.80. The first-order chi connectivity index (χ1) is 18.2. The van der Waals surface area contributed by atoms with Gasteiger partial charge in [-0.3, -0.25) is 13.9 Å². The van der Waals surface area contributed by atoms with Crippen LogP contribution in [0.15, 0.2) is 83.8 Å². The van der Waals surface area contributed by atoms with Gasteiger partial charge < -0.3 is 15.0 Å². The Labute approximate surface area is 225 Å². The fraction of sp³-hybridized carbons (Fsp3) is 0.310. The number of carbonyl (C=O) groups excluding carboxylic acids is 2. The number of carbonyl (C=O) groups is 2. The Bertz CT molecular complexity index is 1330. The van der Waals surface area contributed by atoms with Crippen LogP contribution in [0.2, 0.25) is 0 Å². The molecular weight excluding hydrogens is 502 g/mol. The lowest BCUT2D eigenvalue weighted by atomic mass is 10.1. The molecule has 0 radical (unpaired) electrons. The third-order valence-electron chi connectivity index (χ3n) is 6.04. The van der Waals surface area contributed by atoms with E-state index in [1.807, 2.05) is 31.2 Å². The van der Waals surface area contributed by atoms with E-state index in [4.69, 9.17) is 4.74 Å². The van der Waals surface area contributed by atoms with Crippen molar-refractivity contribution in [1.82, 2.24) is 10.2 Å². The molecule has 3 aromatic carbocycles. The number of nitrogens with zero attached hydrogens (tertiary/aromatic N) is 2. The Kier molecular flexibility index (Phi) is 9.90. The maximum absolute atomic E-state index is 13.9. The highest BCUT2D eigenvalue weighted by molar-refractivity contribution is 7.92. The SMILES string of the molecule is CCNC(=O)C(C)N(Cc1ccc(C)cc1)C(=O)CN(c1ccccc1OCC)S(=O)(=O)c1ccccc1. The predicted molar refractivity (Wildman–Crippen MR) is 148 cm³/mol. The summed E-state index contributed by atoms with van der Waals surface area (Å²) < 4.78 is 34.5. The number of amides is 2. The maximum atomic E-state index is 13.9. The van der Waals surface area contributed by atoms with E-state index in [9.17, 15) is 18.0 Å². The lowest BCUT2D eigenvalue weighted by Crippen LogP contribution is -2.51. The van der Waals surface area contributed by atoms with Gasteiger partial charge in [0.2, 0.25) is 11.8 Å². The summed E-state index contributed by atoms with van der Waals surface area (Å²) in [5.74, 6) is -0.501. The van der Waals surface area contributed by atoms with Crippen LogP contribution in [0, 0.1) is 6.92 Å². The van der Waals surface area contributed by atoms with Crippen molar-refractivity contribution in [2.75, 3.05) is 24.0 Å². The van der Waals surface area contributed by atoms with Crippen molar-refractivity contribution in [2.45, 2.75) is 45.2 Å². The van der Waals surface area contributed by atoms with Gasteiger partial charge in [0.15, 0.2) is 0 Å². The third kappa shape index (κ3) is 6.92. The molecule has 202 valence electrons. The lowest BCUT2D eigenvalue weighted by molar-refractivity contribution is -0.139. The van der Waals surface area contributed by atoms with Crippen molar-refractivity contribution in [3.05, 3.63) is 90.0 Å². The zero-order chi connectivity index (χ0) is 27.7. The third-order valence-corrected chi connectivity index (χ3v) is 7.81. The minimum absolute atomic E-state index is 0.0426. The number of sulfonamides is 1. The zero-order valence-corrected chi connectivity index (χ0v) is 23.1. The molecule has 0 saturated carbocycles. The number of anilines is 1. The zero-order valence-electron chi connectivity index (χ0n) is 22.3. The van der Waals surface area contributed by atoms with Gasteiger partial charge in [-0.05, 0) is 57.5 Å². The molecule has 1 unspecified atom stereocenters. The number of ether oxygens (including phenoxy) is 1. The molecule has 1 atom stereocenters. The highest BCUT2D eigenvalue weighted by atomic mass is 32.2. The lowest BCUT2D eigenvalue weighted by Gasteiger charge is -2.32. The summed E-state index contributed by atoms with van der Waals surface area (Å²) in [4.78, 5) is 28.1. The topological polar surface area (TPSA) is 96.0 Å². The largest absolute Gasteiger partial charge is 0.492 e. The summed E-state index contributed by atoms with van der Waals surface area (Å²) in [6.45, 7) is 7.56. The minimum Gasteiger partial charge on any atom is -0.492 e. The van der Waals surface area contributed by atoms with Crippen LogP contribution in [-0.2, 0) is 26.2 Å². The number of para-hydroxylation sites is 2. The second-order valence-corrected chi connectivity index (χ2v) is 10.7. The van der Waals surface area contributed by atoms with Gasteiger partial charge in [-0.25, -0.2) is 8.42 Å². The van der Waals surface area contributed by atoms with E-state index in [0.29, 0.717) is 18.9 Å². The Morgan fingerprint density at radius 1 is 0.921 bits per heavy atom. The summed E-state index contributed by atoms with van der Waals surface area (Å²) in [7, 11) is -4.15. The molecule has 0 fully saturated rings. The molecule has 3 aromatic rings. The van der Waals surface area contributed by atoms with Crippen LogP contribution in [0.5, 0.6) is 5.75 Å². The fourth-order valence-corrected chi connectivity index (χ4v) is 5.41. The molecule has 8 nitrogen and oxygen atoms in total. The van der Waals surface area contributed by atoms with E-state index < -0.39 is 28.5 Å². The molecule has 0 bridgehead atoms. The molecule has 0 saturated heterocycles. The van der Waals surface area contributed by atoms with Crippen molar-refractivity contribution < 1.29 is 22.7 Å². The molecule has 3 rings (SSSR count). The Balaban J connectivity index is 2.06. The molecule has 38 heavy (non-hydrogen) atoms. The number of hydrogen-bond donors (Lipinski definition) is 1. The number of nitrogens with one attached hydrogen (secondary N) is 1. The van der Waals surface area contributed by atoms with E-state index >= 15 is 0 Å². The van der Waals surface area contributed by atoms with E-state index in [-0.39, 0.29) is 23.0 Å². The Hall–Kier alpha value is -3.85. The van der Waals surface area contributed by atoms with Gasteiger partial charge >= 0.3 is 0 Å². The molecule has 1 N–H and O–H groups in total. The monoisotopic (exact) mass is 537 g/mol. The molecule has 0 heterocycles. The number of hydrogen-bond acceptors (Lipinski definition) is 5. The second kappa shape index (κ2) is 13.1. The van der Waals surface area contributed by atoms with E-state index in [1.54, 1.807) is 63.2 Å². The van der Waals surface area contributed by atoms with Gasteiger partial charge in [-0.15, -0.1) is 0 Å². The number of aryl methyl sites for hydroxylation is 1. The summed E-state index contributed by atoms with van der Waals surface area (Å²) in [5, 5.41) is 2.76. The van der Waals surface area contributed by atoms with Gasteiger partial charge in [0.25, 0.3) is 10.0 Å². The van der Waals surface area contributed by atoms with Crippen LogP contribution in [0.1, 0.15) is 31.9 Å². The predicted octanol–water partition coefficient (Wildman–Crippen LogP) is 4.14. The van der Waals surface area contributed by atoms with Gasteiger partial charge in [0.05, 0.1) is 17.2 Å². The van der Waals surface area contributed by atoms with Crippen LogP contribution in [-0.4, -0.2) is 50.9 Å². The van der Waals surface area contributed by atoms with E-state index in [2.05, 4.69) is 5.32 Å². The van der Waals surface area contributed by atoms with Crippen LogP contribution in [0.4, 0.5) is 5.69 Å². The van der Waals surface area contributed by atoms with Crippen LogP contribution in [0.25, 0.3) is 0 Å². The van der Waals surface area contributed by atoms with Gasteiger partial charge in [-0.2, -0.15) is 0 Å². The van der Waals surface area contributed by atoms with Crippen molar-refractivity contribution in [1.29, 1.82) is 0 Å². The van der Waals surface area contributed by atoms with Gasteiger partial charge in [0, 0.05) is 13.1 Å². The average Bonchev–Trinajstić information content (AvgIpc) is 2.92. The normalized spacial score (nSPS) is 11.9. The molecule has 0 aliphatic rings. The highest BCUT2D eigenvalue weighted by Crippen LogP contribution is 2.32. The van der Waals surface area contributed by atoms with Crippen molar-refractivity contribution in [2.24, 2.45) is 0 Å². The van der Waals surface area contributed by atoms with Gasteiger partial charge in [0.1, 0.15) is 18.3 Å². The summed E-state index contributed by atoms with van der Waals surface area (Å²) in [5.41, 5.74) is 2.14. The Morgan fingerprint density at radius 3 is 2.18 bits per heavy atom. The first kappa shape index (κ1) is 28.7. The molecular formula is C29H35N3O5S. The number of rotatable bonds is 12. The summed E-state index contributed by atoms with van der Waals surface area (Å²) in [6, 6.07) is 21.5. The minimum atomic E-state index is -4.15. The fourth-order valence-electron chi connectivity index (χ4n) is 3.97. The average molecular weight is 538 g/mol. The highest BCUT2D eigenvalue weighted by Gasteiger charge is 2.33. The summed E-state index contributed by atoms with van der Waals surface area (Å²) >= 11 is 0. The standard InChI is InChI=1S/C29H35N3O5S/c1-5-30-29(34)23(4)31(20-24-18-16-22(3)17-19-24)28(33)21-32(26-14-10-11-15-27(26)37-6-2)38(35,36)25-12-8-7-9-13-25/h7-19,23H,5-6,20-21H2,1-4H3,(H,30,34). The molecule has 9 heteroatoms. The first-order valence-corrected chi connectivity index (χ1v) is 14.0. The molecule has 0 spiro atoms. The quantitative estimate of drug-likeness (QED) is 0.375. The van der Waals surface area contributed by atoms with Gasteiger partial charge in [-0.1, -0.05) is 60.2 Å². The van der Waals surface area contributed by atoms with Crippen molar-refractivity contribution in [3.63, 3.8) is 0 Å². The number of likely N-dealkylation sites (N-methyl/N-ethyl adjacent to an activating group) is 1. The molecule has 0 aliphatic heterocycles. The molecule has 0 aliphatic carbocycles. The maximum Gasteiger partial charge on any atom is 0.264 e. The van der Waals surface area contributed by atoms with Crippen LogP contribution >= 0.6 is 0 Å². The molecule has 0 aromatic heterocycles. The van der Waals surface area contributed by atoms with Crippen LogP contribution in [0.3, 0.4) is 0 Å². The summed E-state index contributed by atoms with van der Waals surface area (Å²) in [6.07, 6.45) is 0. The Morgan fingerprint density at radius 2 is 1.55 bits per heavy atom. The number of benzene rings is 3. The van der Waals surface area contributed by atoms with Crippen LogP contribution < -0.4 is 14.4 Å².